The first-order valence-corrected chi connectivity index (χ1v) is 5.63. The number of carbonyl (C=O) groups is 1. The highest BCUT2D eigenvalue weighted by atomic mass is 35.5. The largest absolute Gasteiger partial charge is 0.442 e. The zero-order chi connectivity index (χ0) is 12.9. The third-order valence-corrected chi connectivity index (χ3v) is 3.21. The molecule has 0 saturated carbocycles. The zero-order valence-corrected chi connectivity index (χ0v) is 11.0. The van der Waals surface area contributed by atoms with Crippen LogP contribution >= 0.6 is 11.6 Å². The lowest BCUT2D eigenvalue weighted by Crippen LogP contribution is -2.32. The molecule has 0 radical (unpaired) electrons. The summed E-state index contributed by atoms with van der Waals surface area (Å²) in [5, 5.41) is 0.499. The number of rotatable bonds is 5. The monoisotopic (exact) mass is 245 g/mol. The van der Waals surface area contributed by atoms with Gasteiger partial charge in [0.05, 0.1) is 0 Å². The van der Waals surface area contributed by atoms with Crippen LogP contribution in [0, 0.1) is 11.8 Å². The summed E-state index contributed by atoms with van der Waals surface area (Å²) in [5.41, 5.74) is 5.83. The van der Waals surface area contributed by atoms with E-state index in [1.165, 1.54) is 6.08 Å². The average molecular weight is 246 g/mol. The van der Waals surface area contributed by atoms with Crippen molar-refractivity contribution >= 4 is 17.7 Å². The second-order valence-electron chi connectivity index (χ2n) is 4.20. The van der Waals surface area contributed by atoms with E-state index in [-0.39, 0.29) is 5.92 Å². The van der Waals surface area contributed by atoms with Gasteiger partial charge in [0, 0.05) is 5.03 Å². The molecular weight excluding hydrogens is 226 g/mol. The maximum absolute atomic E-state index is 10.9. The van der Waals surface area contributed by atoms with Crippen LogP contribution in [-0.2, 0) is 4.74 Å². The Bertz CT molecular complexity index is 297. The van der Waals surface area contributed by atoms with E-state index in [4.69, 9.17) is 22.1 Å². The van der Waals surface area contributed by atoms with Crippen molar-refractivity contribution < 1.29 is 9.53 Å². The van der Waals surface area contributed by atoms with Crippen LogP contribution in [0.3, 0.4) is 0 Å². The number of halogens is 1. The molecule has 0 unspecified atom stereocenters. The second-order valence-corrected chi connectivity index (χ2v) is 4.60. The van der Waals surface area contributed by atoms with E-state index in [1.807, 2.05) is 13.8 Å². The molecule has 0 aliphatic carbocycles. The third-order valence-electron chi connectivity index (χ3n) is 2.75. The van der Waals surface area contributed by atoms with Crippen LogP contribution in [0.15, 0.2) is 23.3 Å². The molecule has 0 aliphatic rings. The number of hydrogen-bond acceptors (Lipinski definition) is 2. The molecule has 3 nitrogen and oxygen atoms in total. The molecular formula is C12H20ClNO2. The van der Waals surface area contributed by atoms with Crippen LogP contribution in [0.5, 0.6) is 0 Å². The van der Waals surface area contributed by atoms with E-state index in [1.54, 1.807) is 0 Å². The molecule has 0 heterocycles. The molecule has 1 amide bonds. The maximum atomic E-state index is 10.9. The Balaban J connectivity index is 5.08. The Morgan fingerprint density at radius 2 is 1.94 bits per heavy atom. The van der Waals surface area contributed by atoms with Gasteiger partial charge in [0.15, 0.2) is 0 Å². The predicted octanol–water partition coefficient (Wildman–Crippen LogP) is 3.44. The zero-order valence-electron chi connectivity index (χ0n) is 10.3. The molecule has 0 saturated heterocycles. The Morgan fingerprint density at radius 1 is 1.44 bits per heavy atom. The van der Waals surface area contributed by atoms with E-state index < -0.39 is 12.2 Å². The van der Waals surface area contributed by atoms with E-state index >= 15 is 0 Å². The van der Waals surface area contributed by atoms with Crippen LogP contribution in [-0.4, -0.2) is 12.2 Å². The first-order chi connectivity index (χ1) is 7.31. The summed E-state index contributed by atoms with van der Waals surface area (Å²) in [6.07, 6.45) is 0.342. The van der Waals surface area contributed by atoms with Gasteiger partial charge in [-0.3, -0.25) is 0 Å². The molecule has 16 heavy (non-hydrogen) atoms. The minimum Gasteiger partial charge on any atom is -0.442 e. The van der Waals surface area contributed by atoms with Gasteiger partial charge in [-0.2, -0.15) is 0 Å². The van der Waals surface area contributed by atoms with Crippen LogP contribution < -0.4 is 5.73 Å². The van der Waals surface area contributed by atoms with Crippen molar-refractivity contribution in [1.82, 2.24) is 0 Å². The van der Waals surface area contributed by atoms with E-state index in [0.29, 0.717) is 11.0 Å². The number of primary amides is 1. The summed E-state index contributed by atoms with van der Waals surface area (Å²) >= 11 is 5.97. The fourth-order valence-electron chi connectivity index (χ4n) is 1.36. The average Bonchev–Trinajstić information content (AvgIpc) is 2.22. The van der Waals surface area contributed by atoms with Crippen LogP contribution in [0.4, 0.5) is 4.79 Å². The minimum absolute atomic E-state index is 0.140. The molecule has 2 atom stereocenters. The summed E-state index contributed by atoms with van der Waals surface area (Å²) in [6, 6.07) is 0. The summed E-state index contributed by atoms with van der Waals surface area (Å²) in [5.74, 6) is 0.495. The normalized spacial score (nSPS) is 16.4. The van der Waals surface area contributed by atoms with Gasteiger partial charge in [-0.05, 0) is 24.3 Å². The topological polar surface area (TPSA) is 52.3 Å². The fourth-order valence-corrected chi connectivity index (χ4v) is 1.47. The first kappa shape index (κ1) is 15.0. The first-order valence-electron chi connectivity index (χ1n) is 5.26. The molecule has 0 aromatic heterocycles. The standard InChI is InChI=1S/C12H20ClNO2/c1-6-10(13)9(5)11(16-12(14)15)8(4)7(2)3/h6-8,11H,1H2,2-5H3,(H2,14,15)/b10-9-/t8-,11+/m1/s1. The summed E-state index contributed by atoms with van der Waals surface area (Å²) in [4.78, 5) is 10.9. The van der Waals surface area contributed by atoms with Crippen molar-refractivity contribution in [3.05, 3.63) is 23.3 Å². The lowest BCUT2D eigenvalue weighted by atomic mass is 9.88. The second kappa shape index (κ2) is 6.59. The van der Waals surface area contributed by atoms with Gasteiger partial charge in [-0.25, -0.2) is 4.79 Å². The Morgan fingerprint density at radius 3 is 2.25 bits per heavy atom. The maximum Gasteiger partial charge on any atom is 0.405 e. The van der Waals surface area contributed by atoms with Gasteiger partial charge >= 0.3 is 6.09 Å². The van der Waals surface area contributed by atoms with Gasteiger partial charge in [0.1, 0.15) is 6.10 Å². The van der Waals surface area contributed by atoms with Crippen molar-refractivity contribution in [1.29, 1.82) is 0 Å². The Hall–Kier alpha value is -0.960. The van der Waals surface area contributed by atoms with E-state index in [2.05, 4.69) is 20.4 Å². The molecule has 0 aliphatic heterocycles. The molecule has 2 N–H and O–H groups in total. The Kier molecular flexibility index (Phi) is 6.19. The lowest BCUT2D eigenvalue weighted by molar-refractivity contribution is 0.0803. The number of amides is 1. The highest BCUT2D eigenvalue weighted by Crippen LogP contribution is 2.26. The van der Waals surface area contributed by atoms with Gasteiger partial charge < -0.3 is 10.5 Å². The number of carbonyl (C=O) groups excluding carboxylic acids is 1. The SMILES string of the molecule is C=C/C(Cl)=C(\C)[C@@H](OC(N)=O)[C@H](C)C(C)C. The highest BCUT2D eigenvalue weighted by molar-refractivity contribution is 6.31. The van der Waals surface area contributed by atoms with Gasteiger partial charge in [0.25, 0.3) is 0 Å². The molecule has 0 fully saturated rings. The summed E-state index contributed by atoms with van der Waals surface area (Å²) in [6.45, 7) is 11.5. The van der Waals surface area contributed by atoms with E-state index in [9.17, 15) is 4.79 Å². The van der Waals surface area contributed by atoms with Crippen molar-refractivity contribution in [2.75, 3.05) is 0 Å². The van der Waals surface area contributed by atoms with Crippen LogP contribution in [0.1, 0.15) is 27.7 Å². The molecule has 0 bridgehead atoms. The number of ether oxygens (including phenoxy) is 1. The third kappa shape index (κ3) is 4.27. The number of hydrogen-bond donors (Lipinski definition) is 1. The fraction of sp³-hybridized carbons (Fsp3) is 0.583. The molecule has 92 valence electrons. The van der Waals surface area contributed by atoms with Gasteiger partial charge in [-0.1, -0.05) is 45.0 Å². The molecule has 0 aromatic rings. The summed E-state index contributed by atoms with van der Waals surface area (Å²) < 4.78 is 5.11. The van der Waals surface area contributed by atoms with Crippen molar-refractivity contribution in [3.63, 3.8) is 0 Å². The molecule has 0 aromatic carbocycles. The molecule has 0 spiro atoms. The predicted molar refractivity (Wildman–Crippen MR) is 67.2 cm³/mol. The number of nitrogens with two attached hydrogens (primary N) is 1. The van der Waals surface area contributed by atoms with Crippen LogP contribution in [0.2, 0.25) is 0 Å². The van der Waals surface area contributed by atoms with E-state index in [0.717, 1.165) is 5.57 Å². The summed E-state index contributed by atoms with van der Waals surface area (Å²) in [7, 11) is 0. The van der Waals surface area contributed by atoms with Crippen molar-refractivity contribution in [2.24, 2.45) is 17.6 Å². The molecule has 0 rings (SSSR count). The quantitative estimate of drug-likeness (QED) is 0.755. The Labute approximate surface area is 102 Å². The smallest absolute Gasteiger partial charge is 0.405 e. The van der Waals surface area contributed by atoms with Crippen LogP contribution in [0.25, 0.3) is 0 Å². The molecule has 4 heteroatoms. The highest BCUT2D eigenvalue weighted by Gasteiger charge is 2.26. The van der Waals surface area contributed by atoms with Crippen molar-refractivity contribution in [3.8, 4) is 0 Å². The van der Waals surface area contributed by atoms with Gasteiger partial charge in [0.2, 0.25) is 0 Å². The van der Waals surface area contributed by atoms with Crippen molar-refractivity contribution in [2.45, 2.75) is 33.8 Å². The minimum atomic E-state index is -0.787. The lowest BCUT2D eigenvalue weighted by Gasteiger charge is -2.27. The van der Waals surface area contributed by atoms with Gasteiger partial charge in [-0.15, -0.1) is 0 Å². The number of allylic oxidation sites excluding steroid dienone is 2.